The van der Waals surface area contributed by atoms with Crippen LogP contribution in [0, 0.1) is 27.3 Å². The minimum Gasteiger partial charge on any atom is -0.478 e. The third-order valence-electron chi connectivity index (χ3n) is 2.67. The van der Waals surface area contributed by atoms with Crippen molar-refractivity contribution in [3.8, 4) is 5.88 Å². The minimum atomic E-state index is -1.00. The molecule has 0 unspecified atom stereocenters. The molecule has 0 aliphatic rings. The number of aromatic carboxylic acids is 1. The molecule has 2 rings (SSSR count). The van der Waals surface area contributed by atoms with Gasteiger partial charge >= 0.3 is 11.8 Å². The molecule has 0 bridgehead atoms. The Bertz CT molecular complexity index is 674. The van der Waals surface area contributed by atoms with Crippen LogP contribution in [0.3, 0.4) is 0 Å². The molecule has 0 aliphatic heterocycles. The zero-order valence-electron chi connectivity index (χ0n) is 10.2. The van der Waals surface area contributed by atoms with Crippen molar-refractivity contribution in [2.24, 2.45) is 0 Å². The van der Waals surface area contributed by atoms with Crippen LogP contribution in [0.25, 0.3) is 10.7 Å². The molecule has 92 valence electrons. The van der Waals surface area contributed by atoms with Crippen LogP contribution in [0.5, 0.6) is 0 Å². The van der Waals surface area contributed by atoms with Crippen molar-refractivity contribution >= 4 is 11.8 Å². The van der Waals surface area contributed by atoms with Crippen molar-refractivity contribution in [3.05, 3.63) is 40.3 Å². The Morgan fingerprint density at radius 1 is 1.50 bits per heavy atom. The summed E-state index contributed by atoms with van der Waals surface area (Å²) in [5.41, 5.74) is 1.39. The first kappa shape index (κ1) is 11.9. The first-order valence-electron chi connectivity index (χ1n) is 5.23. The van der Waals surface area contributed by atoms with E-state index in [0.29, 0.717) is 17.3 Å². The quantitative estimate of drug-likeness (QED) is 0.825. The molecule has 0 aliphatic carbocycles. The molecule has 0 radical (unpaired) electrons. The van der Waals surface area contributed by atoms with Crippen molar-refractivity contribution < 1.29 is 14.3 Å². The van der Waals surface area contributed by atoms with Gasteiger partial charge in [0.2, 0.25) is 5.88 Å². The molecular formula is C12H11N3O3. The summed E-state index contributed by atoms with van der Waals surface area (Å²) in [6.45, 7) is 12.1. The van der Waals surface area contributed by atoms with Crippen molar-refractivity contribution in [1.82, 2.24) is 9.55 Å². The van der Waals surface area contributed by atoms with Gasteiger partial charge in [-0.25, -0.2) is 4.79 Å². The van der Waals surface area contributed by atoms with Crippen LogP contribution < -0.4 is 0 Å². The van der Waals surface area contributed by atoms with E-state index in [1.54, 1.807) is 31.4 Å². The second kappa shape index (κ2) is 4.04. The molecule has 1 N–H and O–H groups in total. The number of carboxylic acids is 1. The smallest absolute Gasteiger partial charge is 0.337 e. The molecule has 0 aromatic carbocycles. The molecule has 0 spiro atoms. The summed E-state index contributed by atoms with van der Waals surface area (Å²) >= 11 is 0. The molecule has 6 heteroatoms. The average molecular weight is 245 g/mol. The summed E-state index contributed by atoms with van der Waals surface area (Å²) in [6, 6.07) is 1.54. The minimum absolute atomic E-state index is 0.131. The van der Waals surface area contributed by atoms with Gasteiger partial charge in [0.05, 0.1) is 5.56 Å². The van der Waals surface area contributed by atoms with Crippen LogP contribution in [0.4, 0.5) is 5.82 Å². The molecule has 2 aromatic rings. The SMILES string of the molecule is [C-]#[N+]c1nc(C)oc1-n1c(C)cc(C(=O)O)c1C. The van der Waals surface area contributed by atoms with E-state index in [4.69, 9.17) is 16.1 Å². The van der Waals surface area contributed by atoms with Crippen LogP contribution in [0.1, 0.15) is 27.6 Å². The van der Waals surface area contributed by atoms with Crippen molar-refractivity contribution in [2.45, 2.75) is 20.8 Å². The number of rotatable bonds is 2. The van der Waals surface area contributed by atoms with E-state index in [1.165, 1.54) is 0 Å². The molecule has 18 heavy (non-hydrogen) atoms. The van der Waals surface area contributed by atoms with E-state index in [-0.39, 0.29) is 17.3 Å². The zero-order valence-corrected chi connectivity index (χ0v) is 10.2. The van der Waals surface area contributed by atoms with E-state index in [1.807, 2.05) is 0 Å². The third-order valence-corrected chi connectivity index (χ3v) is 2.67. The Hall–Kier alpha value is -2.55. The lowest BCUT2D eigenvalue weighted by Crippen LogP contribution is -2.01. The van der Waals surface area contributed by atoms with Crippen LogP contribution in [-0.2, 0) is 0 Å². The van der Waals surface area contributed by atoms with Gasteiger partial charge in [0.15, 0.2) is 0 Å². The van der Waals surface area contributed by atoms with E-state index in [9.17, 15) is 4.79 Å². The molecule has 0 amide bonds. The number of hydrogen-bond acceptors (Lipinski definition) is 3. The lowest BCUT2D eigenvalue weighted by molar-refractivity contribution is 0.0696. The van der Waals surface area contributed by atoms with Gasteiger partial charge in [0, 0.05) is 18.3 Å². The number of aryl methyl sites for hydroxylation is 2. The Balaban J connectivity index is 2.72. The summed E-state index contributed by atoms with van der Waals surface area (Å²) in [5.74, 6) is -0.230. The molecule has 0 saturated heterocycles. The van der Waals surface area contributed by atoms with Gasteiger partial charge in [-0.15, -0.1) is 0 Å². The maximum absolute atomic E-state index is 11.1. The maximum atomic E-state index is 11.1. The van der Waals surface area contributed by atoms with Gasteiger partial charge in [-0.3, -0.25) is 4.57 Å². The number of nitrogens with zero attached hydrogens (tertiary/aromatic N) is 3. The van der Waals surface area contributed by atoms with Crippen LogP contribution in [0.15, 0.2) is 10.5 Å². The third kappa shape index (κ3) is 1.66. The predicted octanol–water partition coefficient (Wildman–Crippen LogP) is 2.64. The lowest BCUT2D eigenvalue weighted by Gasteiger charge is -2.05. The van der Waals surface area contributed by atoms with E-state index >= 15 is 0 Å². The Kier molecular flexibility index (Phi) is 2.67. The van der Waals surface area contributed by atoms with Gasteiger partial charge < -0.3 is 14.4 Å². The van der Waals surface area contributed by atoms with Gasteiger partial charge in [0.25, 0.3) is 5.89 Å². The first-order chi connectivity index (χ1) is 8.45. The summed E-state index contributed by atoms with van der Waals surface area (Å²) in [5, 5.41) is 9.06. The van der Waals surface area contributed by atoms with E-state index in [2.05, 4.69) is 9.83 Å². The van der Waals surface area contributed by atoms with Gasteiger partial charge in [-0.05, 0) is 19.9 Å². The standard InChI is InChI=1S/C12H11N3O3/c1-6-5-9(12(16)17)7(2)15(6)11-10(13-4)14-8(3)18-11/h5H,1-3H3,(H,16,17). The molecule has 0 atom stereocenters. The fourth-order valence-corrected chi connectivity index (χ4v) is 1.92. The zero-order chi connectivity index (χ0) is 13.4. The monoisotopic (exact) mass is 245 g/mol. The Labute approximate surface area is 103 Å². The van der Waals surface area contributed by atoms with Gasteiger partial charge in [-0.1, -0.05) is 11.6 Å². The van der Waals surface area contributed by atoms with Crippen LogP contribution in [-0.4, -0.2) is 20.6 Å². The van der Waals surface area contributed by atoms with Crippen LogP contribution >= 0.6 is 0 Å². The molecule has 2 aromatic heterocycles. The molecule has 0 fully saturated rings. The topological polar surface area (TPSA) is 72.6 Å². The number of carbonyl (C=O) groups is 1. The van der Waals surface area contributed by atoms with Gasteiger partial charge in [0.1, 0.15) is 0 Å². The number of carboxylic acid groups (broad SMARTS) is 1. The second-order valence-corrected chi connectivity index (χ2v) is 3.90. The summed E-state index contributed by atoms with van der Waals surface area (Å²) in [6.07, 6.45) is 0. The largest absolute Gasteiger partial charge is 0.478 e. The van der Waals surface area contributed by atoms with Crippen molar-refractivity contribution in [2.75, 3.05) is 0 Å². The lowest BCUT2D eigenvalue weighted by atomic mass is 10.2. The first-order valence-corrected chi connectivity index (χ1v) is 5.23. The highest BCUT2D eigenvalue weighted by molar-refractivity contribution is 5.89. The second-order valence-electron chi connectivity index (χ2n) is 3.90. The average Bonchev–Trinajstić information content (AvgIpc) is 2.79. The summed E-state index contributed by atoms with van der Waals surface area (Å²) < 4.78 is 6.99. The van der Waals surface area contributed by atoms with Crippen molar-refractivity contribution in [3.63, 3.8) is 0 Å². The highest BCUT2D eigenvalue weighted by Crippen LogP contribution is 2.28. The number of oxazole rings is 1. The summed E-state index contributed by atoms with van der Waals surface area (Å²) in [4.78, 5) is 18.3. The van der Waals surface area contributed by atoms with E-state index in [0.717, 1.165) is 0 Å². The van der Waals surface area contributed by atoms with Gasteiger partial charge in [-0.2, -0.15) is 0 Å². The molecule has 0 saturated carbocycles. The number of aromatic nitrogens is 2. The molecular weight excluding hydrogens is 234 g/mol. The highest BCUT2D eigenvalue weighted by Gasteiger charge is 2.21. The number of hydrogen-bond donors (Lipinski definition) is 1. The van der Waals surface area contributed by atoms with Crippen molar-refractivity contribution in [1.29, 1.82) is 0 Å². The molecule has 6 nitrogen and oxygen atoms in total. The Morgan fingerprint density at radius 2 is 2.17 bits per heavy atom. The predicted molar refractivity (Wildman–Crippen MR) is 63.3 cm³/mol. The fraction of sp³-hybridized carbons (Fsp3) is 0.250. The maximum Gasteiger partial charge on any atom is 0.337 e. The van der Waals surface area contributed by atoms with E-state index < -0.39 is 5.97 Å². The normalized spacial score (nSPS) is 10.3. The van der Waals surface area contributed by atoms with Crippen LogP contribution in [0.2, 0.25) is 0 Å². The molecule has 2 heterocycles. The fourth-order valence-electron chi connectivity index (χ4n) is 1.92. The Morgan fingerprint density at radius 3 is 2.67 bits per heavy atom. The summed E-state index contributed by atoms with van der Waals surface area (Å²) in [7, 11) is 0. The highest BCUT2D eigenvalue weighted by atomic mass is 16.4.